The first-order valence-electron chi connectivity index (χ1n) is 6.07. The van der Waals surface area contributed by atoms with E-state index >= 15 is 0 Å². The molecule has 96 valence electrons. The van der Waals surface area contributed by atoms with Gasteiger partial charge in [0.1, 0.15) is 5.82 Å². The minimum atomic E-state index is -0.201. The molecule has 0 aliphatic rings. The summed E-state index contributed by atoms with van der Waals surface area (Å²) in [5.41, 5.74) is 1.82. The largest absolute Gasteiger partial charge is 0.318 e. The van der Waals surface area contributed by atoms with Crippen LogP contribution >= 0.6 is 0 Å². The van der Waals surface area contributed by atoms with Crippen molar-refractivity contribution in [3.63, 3.8) is 0 Å². The van der Waals surface area contributed by atoms with Crippen molar-refractivity contribution in [3.05, 3.63) is 41.8 Å². The van der Waals surface area contributed by atoms with Crippen LogP contribution in [0.5, 0.6) is 0 Å². The monoisotopic (exact) mass is 247 g/mol. The predicted octanol–water partition coefficient (Wildman–Crippen LogP) is 2.03. The topological polar surface area (TPSA) is 28.2 Å². The summed E-state index contributed by atoms with van der Waals surface area (Å²) in [6.45, 7) is 2.53. The van der Waals surface area contributed by atoms with E-state index in [0.29, 0.717) is 6.54 Å². The second-order valence-electron chi connectivity index (χ2n) is 4.48. The molecule has 1 N–H and O–H groups in total. The van der Waals surface area contributed by atoms with Gasteiger partial charge >= 0.3 is 0 Å². The van der Waals surface area contributed by atoms with Gasteiger partial charge < -0.3 is 10.2 Å². The Kier molecular flexibility index (Phi) is 4.23. The first-order chi connectivity index (χ1) is 8.70. The van der Waals surface area contributed by atoms with Gasteiger partial charge in [-0.3, -0.25) is 4.98 Å². The minimum Gasteiger partial charge on any atom is -0.318 e. The van der Waals surface area contributed by atoms with Gasteiger partial charge in [0.15, 0.2) is 0 Å². The third-order valence-electron chi connectivity index (χ3n) is 2.93. The summed E-state index contributed by atoms with van der Waals surface area (Å²) in [6.07, 6.45) is 1.75. The molecule has 0 amide bonds. The van der Waals surface area contributed by atoms with Crippen molar-refractivity contribution in [3.8, 4) is 0 Å². The summed E-state index contributed by atoms with van der Waals surface area (Å²) in [4.78, 5) is 6.50. The van der Waals surface area contributed by atoms with Crippen molar-refractivity contribution in [2.24, 2.45) is 0 Å². The van der Waals surface area contributed by atoms with Gasteiger partial charge in [-0.15, -0.1) is 0 Å². The highest BCUT2D eigenvalue weighted by Gasteiger charge is 2.07. The molecule has 0 bridgehead atoms. The lowest BCUT2D eigenvalue weighted by molar-refractivity contribution is 0.328. The lowest BCUT2D eigenvalue weighted by Crippen LogP contribution is -2.27. The molecule has 0 aliphatic carbocycles. The number of likely N-dealkylation sites (N-methyl/N-ethyl adjacent to an activating group) is 2. The Hall–Kier alpha value is -1.52. The van der Waals surface area contributed by atoms with Gasteiger partial charge in [-0.25, -0.2) is 4.39 Å². The Morgan fingerprint density at radius 3 is 3.00 bits per heavy atom. The molecular formula is C14H18FN3. The van der Waals surface area contributed by atoms with E-state index in [2.05, 4.69) is 15.2 Å². The van der Waals surface area contributed by atoms with Gasteiger partial charge in [0.05, 0.1) is 5.52 Å². The standard InChI is InChI=1S/C14H18FN3/c1-16-6-7-18(2)10-12-9-13(15)8-11-4-3-5-17-14(11)12/h3-5,8-9,16H,6-7,10H2,1-2H3. The van der Waals surface area contributed by atoms with E-state index in [1.165, 1.54) is 6.07 Å². The van der Waals surface area contributed by atoms with E-state index in [1.54, 1.807) is 12.3 Å². The van der Waals surface area contributed by atoms with Crippen LogP contribution in [0.4, 0.5) is 4.39 Å². The predicted molar refractivity (Wildman–Crippen MR) is 72.0 cm³/mol. The van der Waals surface area contributed by atoms with Crippen molar-refractivity contribution >= 4 is 10.9 Å². The molecule has 0 saturated heterocycles. The van der Waals surface area contributed by atoms with E-state index < -0.39 is 0 Å². The maximum atomic E-state index is 13.5. The Morgan fingerprint density at radius 2 is 2.22 bits per heavy atom. The number of benzene rings is 1. The van der Waals surface area contributed by atoms with Crippen molar-refractivity contribution in [1.29, 1.82) is 0 Å². The number of nitrogens with one attached hydrogen (secondary N) is 1. The molecule has 2 aromatic rings. The Balaban J connectivity index is 2.26. The molecule has 0 fully saturated rings. The summed E-state index contributed by atoms with van der Waals surface area (Å²) < 4.78 is 13.5. The lowest BCUT2D eigenvalue weighted by atomic mass is 10.1. The average molecular weight is 247 g/mol. The molecule has 3 nitrogen and oxygen atoms in total. The second-order valence-corrected chi connectivity index (χ2v) is 4.48. The number of nitrogens with zero attached hydrogens (tertiary/aromatic N) is 2. The molecule has 0 atom stereocenters. The van der Waals surface area contributed by atoms with Gasteiger partial charge in [-0.1, -0.05) is 6.07 Å². The van der Waals surface area contributed by atoms with Crippen molar-refractivity contribution in [2.75, 3.05) is 27.2 Å². The number of fused-ring (bicyclic) bond motifs is 1. The van der Waals surface area contributed by atoms with E-state index in [-0.39, 0.29) is 5.82 Å². The number of aromatic nitrogens is 1. The van der Waals surface area contributed by atoms with E-state index in [0.717, 1.165) is 29.6 Å². The van der Waals surface area contributed by atoms with Crippen LogP contribution in [0.25, 0.3) is 10.9 Å². The fourth-order valence-electron chi connectivity index (χ4n) is 2.02. The Bertz CT molecular complexity index is 527. The zero-order valence-corrected chi connectivity index (χ0v) is 10.8. The maximum absolute atomic E-state index is 13.5. The molecule has 0 unspecified atom stereocenters. The number of rotatable bonds is 5. The van der Waals surface area contributed by atoms with Gasteiger partial charge in [0.25, 0.3) is 0 Å². The fraction of sp³-hybridized carbons (Fsp3) is 0.357. The first kappa shape index (κ1) is 12.9. The average Bonchev–Trinajstić information content (AvgIpc) is 2.36. The summed E-state index contributed by atoms with van der Waals surface area (Å²) >= 11 is 0. The van der Waals surface area contributed by atoms with Gasteiger partial charge in [0.2, 0.25) is 0 Å². The molecule has 1 aromatic carbocycles. The Labute approximate surface area is 107 Å². The molecule has 18 heavy (non-hydrogen) atoms. The van der Waals surface area contributed by atoms with E-state index in [4.69, 9.17) is 0 Å². The zero-order valence-electron chi connectivity index (χ0n) is 10.8. The van der Waals surface area contributed by atoms with Crippen LogP contribution in [0.2, 0.25) is 0 Å². The quantitative estimate of drug-likeness (QED) is 0.876. The molecule has 0 spiro atoms. The SMILES string of the molecule is CNCCN(C)Cc1cc(F)cc2cccnc12. The summed E-state index contributed by atoms with van der Waals surface area (Å²) in [6, 6.07) is 6.82. The van der Waals surface area contributed by atoms with Crippen LogP contribution in [0.1, 0.15) is 5.56 Å². The number of halogens is 1. The summed E-state index contributed by atoms with van der Waals surface area (Å²) in [5.74, 6) is -0.201. The molecule has 1 aromatic heterocycles. The lowest BCUT2D eigenvalue weighted by Gasteiger charge is -2.17. The number of pyridine rings is 1. The van der Waals surface area contributed by atoms with Crippen molar-refractivity contribution < 1.29 is 4.39 Å². The van der Waals surface area contributed by atoms with E-state index in [1.807, 2.05) is 26.2 Å². The first-order valence-corrected chi connectivity index (χ1v) is 6.07. The highest BCUT2D eigenvalue weighted by Crippen LogP contribution is 2.19. The smallest absolute Gasteiger partial charge is 0.124 e. The summed E-state index contributed by atoms with van der Waals surface area (Å²) in [7, 11) is 3.95. The van der Waals surface area contributed by atoms with Gasteiger partial charge in [-0.2, -0.15) is 0 Å². The van der Waals surface area contributed by atoms with Crippen LogP contribution in [-0.4, -0.2) is 37.1 Å². The maximum Gasteiger partial charge on any atom is 0.124 e. The third-order valence-corrected chi connectivity index (χ3v) is 2.93. The third kappa shape index (κ3) is 3.03. The second kappa shape index (κ2) is 5.89. The molecule has 4 heteroatoms. The zero-order chi connectivity index (χ0) is 13.0. The van der Waals surface area contributed by atoms with Crippen LogP contribution in [-0.2, 0) is 6.54 Å². The molecule has 0 radical (unpaired) electrons. The molecule has 0 saturated carbocycles. The van der Waals surface area contributed by atoms with E-state index in [9.17, 15) is 4.39 Å². The fourth-order valence-corrected chi connectivity index (χ4v) is 2.02. The van der Waals surface area contributed by atoms with Crippen LogP contribution in [0.3, 0.4) is 0 Å². The molecule has 2 rings (SSSR count). The number of hydrogen-bond donors (Lipinski definition) is 1. The molecular weight excluding hydrogens is 229 g/mol. The minimum absolute atomic E-state index is 0.201. The highest BCUT2D eigenvalue weighted by molar-refractivity contribution is 5.81. The van der Waals surface area contributed by atoms with Crippen LogP contribution < -0.4 is 5.32 Å². The normalized spacial score (nSPS) is 11.3. The van der Waals surface area contributed by atoms with Crippen molar-refractivity contribution in [1.82, 2.24) is 15.2 Å². The van der Waals surface area contributed by atoms with Crippen molar-refractivity contribution in [2.45, 2.75) is 6.54 Å². The van der Waals surface area contributed by atoms with Gasteiger partial charge in [0, 0.05) is 31.2 Å². The highest BCUT2D eigenvalue weighted by atomic mass is 19.1. The molecule has 1 heterocycles. The number of hydrogen-bond acceptors (Lipinski definition) is 3. The van der Waals surface area contributed by atoms with Crippen LogP contribution in [0.15, 0.2) is 30.5 Å². The molecule has 0 aliphatic heterocycles. The van der Waals surface area contributed by atoms with Gasteiger partial charge in [-0.05, 0) is 37.9 Å². The van der Waals surface area contributed by atoms with Crippen LogP contribution in [0, 0.1) is 5.82 Å². The summed E-state index contributed by atoms with van der Waals surface area (Å²) in [5, 5.41) is 3.96. The Morgan fingerprint density at radius 1 is 1.39 bits per heavy atom.